The van der Waals surface area contributed by atoms with Crippen LogP contribution in [0, 0.1) is 0 Å². The second-order valence-corrected chi connectivity index (χ2v) is 7.05. The van der Waals surface area contributed by atoms with E-state index in [1.165, 1.54) is 18.1 Å². The fourth-order valence-corrected chi connectivity index (χ4v) is 3.43. The molecular formula is C20H20N4OS. The van der Waals surface area contributed by atoms with Crippen molar-refractivity contribution in [3.05, 3.63) is 78.6 Å². The number of nitrogens with one attached hydrogen (secondary N) is 1. The predicted molar refractivity (Wildman–Crippen MR) is 106 cm³/mol. The molecule has 0 bridgehead atoms. The Bertz CT molecular complexity index is 856. The second kappa shape index (κ2) is 8.49. The lowest BCUT2D eigenvalue weighted by Crippen LogP contribution is -2.20. The van der Waals surface area contributed by atoms with Gasteiger partial charge in [-0.1, -0.05) is 48.5 Å². The van der Waals surface area contributed by atoms with Crippen LogP contribution < -0.4 is 10.2 Å². The van der Waals surface area contributed by atoms with E-state index in [0.717, 1.165) is 16.3 Å². The van der Waals surface area contributed by atoms with Crippen molar-refractivity contribution in [1.82, 2.24) is 9.97 Å². The maximum absolute atomic E-state index is 13.0. The molecule has 2 aromatic carbocycles. The maximum atomic E-state index is 13.0. The van der Waals surface area contributed by atoms with E-state index < -0.39 is 0 Å². The van der Waals surface area contributed by atoms with Crippen LogP contribution in [-0.4, -0.2) is 30.0 Å². The molecule has 0 aliphatic heterocycles. The average molecular weight is 364 g/mol. The molecule has 132 valence electrons. The topological polar surface area (TPSA) is 58.1 Å². The zero-order chi connectivity index (χ0) is 18.4. The summed E-state index contributed by atoms with van der Waals surface area (Å²) in [4.78, 5) is 24.2. The van der Waals surface area contributed by atoms with Gasteiger partial charge in [-0.05, 0) is 17.7 Å². The first kappa shape index (κ1) is 17.9. The summed E-state index contributed by atoms with van der Waals surface area (Å²) in [6.45, 7) is 0. The molecule has 5 nitrogen and oxygen atoms in total. The summed E-state index contributed by atoms with van der Waals surface area (Å²) in [7, 11) is 3.79. The Morgan fingerprint density at radius 1 is 1.00 bits per heavy atom. The summed E-state index contributed by atoms with van der Waals surface area (Å²) in [5.74, 6) is 1.11. The quantitative estimate of drug-likeness (QED) is 0.670. The molecule has 0 aliphatic carbocycles. The van der Waals surface area contributed by atoms with Crippen LogP contribution in [0.1, 0.15) is 10.8 Å². The number of hydrogen-bond donors (Lipinski definition) is 1. The SMILES string of the molecule is CN(C)c1cc(NC(=O)C(Sc2ccccc2)c2ccccc2)ncn1. The molecule has 3 rings (SSSR count). The van der Waals surface area contributed by atoms with Crippen LogP contribution in [0.5, 0.6) is 0 Å². The van der Waals surface area contributed by atoms with Gasteiger partial charge in [0.2, 0.25) is 5.91 Å². The number of thioether (sulfide) groups is 1. The number of carbonyl (C=O) groups is 1. The van der Waals surface area contributed by atoms with E-state index in [1.807, 2.05) is 79.7 Å². The van der Waals surface area contributed by atoms with Gasteiger partial charge in [-0.25, -0.2) is 9.97 Å². The molecule has 3 aromatic rings. The van der Waals surface area contributed by atoms with Gasteiger partial charge in [0.1, 0.15) is 23.2 Å². The molecule has 1 aromatic heterocycles. The van der Waals surface area contributed by atoms with E-state index >= 15 is 0 Å². The fraction of sp³-hybridized carbons (Fsp3) is 0.150. The van der Waals surface area contributed by atoms with Gasteiger partial charge in [0.25, 0.3) is 0 Å². The Balaban J connectivity index is 1.84. The molecule has 1 amide bonds. The highest BCUT2D eigenvalue weighted by atomic mass is 32.2. The number of nitrogens with zero attached hydrogens (tertiary/aromatic N) is 3. The molecule has 1 heterocycles. The third kappa shape index (κ3) is 4.61. The molecule has 0 spiro atoms. The van der Waals surface area contributed by atoms with Crippen molar-refractivity contribution < 1.29 is 4.79 Å². The number of aromatic nitrogens is 2. The van der Waals surface area contributed by atoms with Crippen LogP contribution in [0.3, 0.4) is 0 Å². The number of hydrogen-bond acceptors (Lipinski definition) is 5. The van der Waals surface area contributed by atoms with Gasteiger partial charge < -0.3 is 10.2 Å². The lowest BCUT2D eigenvalue weighted by Gasteiger charge is -2.17. The first-order valence-electron chi connectivity index (χ1n) is 8.20. The second-order valence-electron chi connectivity index (χ2n) is 5.87. The van der Waals surface area contributed by atoms with Crippen LogP contribution in [0.4, 0.5) is 11.6 Å². The molecule has 0 fully saturated rings. The first-order valence-corrected chi connectivity index (χ1v) is 9.08. The highest BCUT2D eigenvalue weighted by molar-refractivity contribution is 8.00. The molecule has 0 radical (unpaired) electrons. The minimum atomic E-state index is -0.378. The van der Waals surface area contributed by atoms with Crippen molar-refractivity contribution in [2.75, 3.05) is 24.3 Å². The van der Waals surface area contributed by atoms with Gasteiger partial charge in [0, 0.05) is 25.1 Å². The van der Waals surface area contributed by atoms with E-state index in [0.29, 0.717) is 5.82 Å². The molecule has 0 saturated heterocycles. The summed E-state index contributed by atoms with van der Waals surface area (Å²) in [5, 5.41) is 2.54. The van der Waals surface area contributed by atoms with Crippen LogP contribution >= 0.6 is 11.8 Å². The van der Waals surface area contributed by atoms with Crippen molar-refractivity contribution in [1.29, 1.82) is 0 Å². The third-order valence-corrected chi connectivity index (χ3v) is 4.97. The average Bonchev–Trinajstić information content (AvgIpc) is 2.67. The summed E-state index contributed by atoms with van der Waals surface area (Å²) in [5.41, 5.74) is 0.945. The van der Waals surface area contributed by atoms with Crippen LogP contribution in [0.15, 0.2) is 78.0 Å². The normalized spacial score (nSPS) is 11.6. The maximum Gasteiger partial charge on any atom is 0.243 e. The fourth-order valence-electron chi connectivity index (χ4n) is 2.39. The van der Waals surface area contributed by atoms with Gasteiger partial charge in [-0.2, -0.15) is 0 Å². The minimum Gasteiger partial charge on any atom is -0.363 e. The van der Waals surface area contributed by atoms with Crippen LogP contribution in [0.2, 0.25) is 0 Å². The molecule has 0 aliphatic rings. The number of carbonyl (C=O) groups excluding carboxylic acids is 1. The lowest BCUT2D eigenvalue weighted by atomic mass is 10.1. The zero-order valence-corrected chi connectivity index (χ0v) is 15.5. The molecule has 1 atom stereocenters. The third-order valence-electron chi connectivity index (χ3n) is 3.70. The largest absolute Gasteiger partial charge is 0.363 e. The van der Waals surface area contributed by atoms with Crippen molar-refractivity contribution in [2.45, 2.75) is 10.1 Å². The van der Waals surface area contributed by atoms with E-state index in [9.17, 15) is 4.79 Å². The number of anilines is 2. The number of amides is 1. The predicted octanol–water partition coefficient (Wildman–Crippen LogP) is 4.01. The molecule has 0 saturated carbocycles. The van der Waals surface area contributed by atoms with Crippen molar-refractivity contribution in [2.24, 2.45) is 0 Å². The first-order chi connectivity index (χ1) is 12.6. The molecule has 1 N–H and O–H groups in total. The van der Waals surface area contributed by atoms with E-state index in [-0.39, 0.29) is 11.2 Å². The van der Waals surface area contributed by atoms with Gasteiger partial charge in [-0.15, -0.1) is 11.8 Å². The summed E-state index contributed by atoms with van der Waals surface area (Å²) in [6, 6.07) is 21.4. The van der Waals surface area contributed by atoms with Gasteiger partial charge in [-0.3, -0.25) is 4.79 Å². The highest BCUT2D eigenvalue weighted by Gasteiger charge is 2.22. The van der Waals surface area contributed by atoms with Gasteiger partial charge in [0.15, 0.2) is 0 Å². The molecule has 6 heteroatoms. The molecule has 1 unspecified atom stereocenters. The van der Waals surface area contributed by atoms with Crippen molar-refractivity contribution in [3.8, 4) is 0 Å². The standard InChI is InChI=1S/C20H20N4OS/c1-24(2)18-13-17(21-14-22-18)23-20(25)19(15-9-5-3-6-10-15)26-16-11-7-4-8-12-16/h3-14,19H,1-2H3,(H,21,22,23,25). The van der Waals surface area contributed by atoms with Crippen LogP contribution in [0.25, 0.3) is 0 Å². The Hall–Kier alpha value is -2.86. The molecular weight excluding hydrogens is 344 g/mol. The highest BCUT2D eigenvalue weighted by Crippen LogP contribution is 2.36. The Kier molecular flexibility index (Phi) is 5.86. The monoisotopic (exact) mass is 364 g/mol. The van der Waals surface area contributed by atoms with Crippen molar-refractivity contribution in [3.63, 3.8) is 0 Å². The summed E-state index contributed by atoms with van der Waals surface area (Å²) in [6.07, 6.45) is 1.45. The van der Waals surface area contributed by atoms with Crippen molar-refractivity contribution >= 4 is 29.3 Å². The molecule has 26 heavy (non-hydrogen) atoms. The van der Waals surface area contributed by atoms with Gasteiger partial charge in [0.05, 0.1) is 0 Å². The van der Waals surface area contributed by atoms with E-state index in [1.54, 1.807) is 6.07 Å². The minimum absolute atomic E-state index is 0.117. The van der Waals surface area contributed by atoms with Gasteiger partial charge >= 0.3 is 0 Å². The summed E-state index contributed by atoms with van der Waals surface area (Å²) < 4.78 is 0. The number of rotatable bonds is 6. The Morgan fingerprint density at radius 2 is 1.65 bits per heavy atom. The lowest BCUT2D eigenvalue weighted by molar-refractivity contribution is -0.115. The summed E-state index contributed by atoms with van der Waals surface area (Å²) >= 11 is 1.51. The smallest absolute Gasteiger partial charge is 0.243 e. The van der Waals surface area contributed by atoms with E-state index in [4.69, 9.17) is 0 Å². The number of benzene rings is 2. The Labute approximate surface area is 157 Å². The Morgan fingerprint density at radius 3 is 2.31 bits per heavy atom. The zero-order valence-electron chi connectivity index (χ0n) is 14.7. The van der Waals surface area contributed by atoms with Crippen LogP contribution in [-0.2, 0) is 4.79 Å². The van der Waals surface area contributed by atoms with E-state index in [2.05, 4.69) is 15.3 Å².